The van der Waals surface area contributed by atoms with Crippen molar-refractivity contribution in [1.82, 2.24) is 4.90 Å². The lowest BCUT2D eigenvalue weighted by atomic mass is 9.97. The number of hydrogen-bond acceptors (Lipinski definition) is 2. The van der Waals surface area contributed by atoms with Gasteiger partial charge >= 0.3 is 0 Å². The summed E-state index contributed by atoms with van der Waals surface area (Å²) in [5, 5.41) is 0. The van der Waals surface area contributed by atoms with Crippen molar-refractivity contribution in [2.75, 3.05) is 19.6 Å². The van der Waals surface area contributed by atoms with Crippen LogP contribution in [0.25, 0.3) is 0 Å². The monoisotopic (exact) mass is 222 g/mol. The van der Waals surface area contributed by atoms with Gasteiger partial charge in [-0.2, -0.15) is 0 Å². The summed E-state index contributed by atoms with van der Waals surface area (Å²) in [5.41, 5.74) is 0. The van der Waals surface area contributed by atoms with Gasteiger partial charge in [-0.3, -0.25) is 4.99 Å². The molecule has 0 saturated heterocycles. The summed E-state index contributed by atoms with van der Waals surface area (Å²) in [4.78, 5) is 7.08. The molecule has 2 heteroatoms. The summed E-state index contributed by atoms with van der Waals surface area (Å²) in [7, 11) is 0. The van der Waals surface area contributed by atoms with E-state index in [4.69, 9.17) is 0 Å². The lowest BCUT2D eigenvalue weighted by Gasteiger charge is -2.24. The highest BCUT2D eigenvalue weighted by Gasteiger charge is 2.22. The van der Waals surface area contributed by atoms with Gasteiger partial charge in [-0.1, -0.05) is 39.2 Å². The summed E-state index contributed by atoms with van der Waals surface area (Å²) in [6, 6.07) is 0. The van der Waals surface area contributed by atoms with Crippen LogP contribution in [-0.2, 0) is 0 Å². The fourth-order valence-corrected chi connectivity index (χ4v) is 2.38. The zero-order valence-corrected chi connectivity index (χ0v) is 10.9. The highest BCUT2D eigenvalue weighted by Crippen LogP contribution is 2.20. The molecule has 1 unspecified atom stereocenters. The third kappa shape index (κ3) is 3.66. The Morgan fingerprint density at radius 2 is 2.25 bits per heavy atom. The van der Waals surface area contributed by atoms with Crippen LogP contribution in [0.15, 0.2) is 17.6 Å². The smallest absolute Gasteiger partial charge is 0.102 e. The van der Waals surface area contributed by atoms with Crippen molar-refractivity contribution in [3.05, 3.63) is 12.7 Å². The van der Waals surface area contributed by atoms with E-state index in [1.54, 1.807) is 0 Å². The minimum Gasteiger partial charge on any atom is -0.355 e. The second-order valence-corrected chi connectivity index (χ2v) is 4.58. The zero-order chi connectivity index (χ0) is 11.8. The molecule has 0 radical (unpaired) electrons. The van der Waals surface area contributed by atoms with Crippen molar-refractivity contribution in [1.29, 1.82) is 0 Å². The van der Waals surface area contributed by atoms with Crippen LogP contribution < -0.4 is 0 Å². The van der Waals surface area contributed by atoms with Gasteiger partial charge in [0, 0.05) is 19.0 Å². The molecule has 16 heavy (non-hydrogen) atoms. The van der Waals surface area contributed by atoms with E-state index < -0.39 is 0 Å². The molecule has 0 bridgehead atoms. The number of rotatable bonds is 8. The van der Waals surface area contributed by atoms with E-state index in [0.29, 0.717) is 5.92 Å². The number of unbranched alkanes of at least 4 members (excludes halogenated alkanes) is 2. The van der Waals surface area contributed by atoms with Gasteiger partial charge in [-0.05, 0) is 12.8 Å². The SMILES string of the molecule is C=CCN1CCN=C1C(CC)CCCCC. The van der Waals surface area contributed by atoms with Crippen molar-refractivity contribution < 1.29 is 0 Å². The fraction of sp³-hybridized carbons (Fsp3) is 0.786. The largest absolute Gasteiger partial charge is 0.355 e. The van der Waals surface area contributed by atoms with Crippen molar-refractivity contribution in [3.8, 4) is 0 Å². The van der Waals surface area contributed by atoms with Crippen molar-refractivity contribution in [2.24, 2.45) is 10.9 Å². The third-order valence-electron chi connectivity index (χ3n) is 3.33. The van der Waals surface area contributed by atoms with E-state index in [0.717, 1.165) is 19.6 Å². The second kappa shape index (κ2) is 7.48. The first kappa shape index (κ1) is 13.3. The zero-order valence-electron chi connectivity index (χ0n) is 10.9. The molecule has 0 aliphatic carbocycles. The van der Waals surface area contributed by atoms with E-state index in [2.05, 4.69) is 30.3 Å². The Bertz CT molecular complexity index is 233. The van der Waals surface area contributed by atoms with Gasteiger partial charge in [0.15, 0.2) is 0 Å². The maximum atomic E-state index is 4.68. The standard InChI is InChI=1S/C14H26N2/c1-4-7-8-9-13(6-3)14-15-10-12-16(14)11-5-2/h5,13H,2,4,6-12H2,1,3H3. The molecule has 1 aliphatic heterocycles. The van der Waals surface area contributed by atoms with Crippen molar-refractivity contribution >= 4 is 5.84 Å². The van der Waals surface area contributed by atoms with Crippen molar-refractivity contribution in [2.45, 2.75) is 46.0 Å². The summed E-state index contributed by atoms with van der Waals surface area (Å²) in [5.74, 6) is 2.02. The lowest BCUT2D eigenvalue weighted by Crippen LogP contribution is -2.33. The predicted octanol–water partition coefficient (Wildman–Crippen LogP) is 3.49. The molecular weight excluding hydrogens is 196 g/mol. The first-order chi connectivity index (χ1) is 7.83. The average molecular weight is 222 g/mol. The third-order valence-corrected chi connectivity index (χ3v) is 3.33. The fourth-order valence-electron chi connectivity index (χ4n) is 2.38. The van der Waals surface area contributed by atoms with Crippen LogP contribution in [0.3, 0.4) is 0 Å². The summed E-state index contributed by atoms with van der Waals surface area (Å²) in [6.07, 6.45) is 8.51. The van der Waals surface area contributed by atoms with Gasteiger partial charge in [0.25, 0.3) is 0 Å². The molecule has 0 N–H and O–H groups in total. The maximum absolute atomic E-state index is 4.68. The molecule has 1 rings (SSSR count). The van der Waals surface area contributed by atoms with Gasteiger partial charge in [0.1, 0.15) is 5.84 Å². The maximum Gasteiger partial charge on any atom is 0.102 e. The number of aliphatic imine (C=N–C) groups is 1. The highest BCUT2D eigenvalue weighted by molar-refractivity contribution is 5.86. The van der Waals surface area contributed by atoms with E-state index in [9.17, 15) is 0 Å². The van der Waals surface area contributed by atoms with Gasteiger partial charge in [0.2, 0.25) is 0 Å². The van der Waals surface area contributed by atoms with Crippen LogP contribution >= 0.6 is 0 Å². The molecule has 0 amide bonds. The average Bonchev–Trinajstić information content (AvgIpc) is 2.73. The molecular formula is C14H26N2. The Morgan fingerprint density at radius 1 is 1.44 bits per heavy atom. The van der Waals surface area contributed by atoms with Crippen LogP contribution in [0.2, 0.25) is 0 Å². The van der Waals surface area contributed by atoms with Crippen LogP contribution in [0.1, 0.15) is 46.0 Å². The first-order valence-electron chi connectivity index (χ1n) is 6.73. The lowest BCUT2D eigenvalue weighted by molar-refractivity contribution is 0.447. The molecule has 0 aromatic carbocycles. The minimum absolute atomic E-state index is 0.675. The number of nitrogens with zero attached hydrogens (tertiary/aromatic N) is 2. The van der Waals surface area contributed by atoms with E-state index in [1.165, 1.54) is 37.9 Å². The van der Waals surface area contributed by atoms with Crippen LogP contribution in [0, 0.1) is 5.92 Å². The molecule has 0 saturated carbocycles. The number of amidine groups is 1. The molecule has 1 atom stereocenters. The molecule has 92 valence electrons. The van der Waals surface area contributed by atoms with Crippen LogP contribution in [-0.4, -0.2) is 30.4 Å². The van der Waals surface area contributed by atoms with Crippen molar-refractivity contribution in [3.63, 3.8) is 0 Å². The van der Waals surface area contributed by atoms with Gasteiger partial charge in [-0.15, -0.1) is 6.58 Å². The van der Waals surface area contributed by atoms with Gasteiger partial charge in [0.05, 0.1) is 6.54 Å². The first-order valence-corrected chi connectivity index (χ1v) is 6.73. The summed E-state index contributed by atoms with van der Waals surface area (Å²) >= 11 is 0. The Balaban J connectivity index is 2.47. The van der Waals surface area contributed by atoms with E-state index >= 15 is 0 Å². The molecule has 0 fully saturated rings. The van der Waals surface area contributed by atoms with Gasteiger partial charge < -0.3 is 4.90 Å². The van der Waals surface area contributed by atoms with E-state index in [-0.39, 0.29) is 0 Å². The molecule has 2 nitrogen and oxygen atoms in total. The Morgan fingerprint density at radius 3 is 2.88 bits per heavy atom. The summed E-state index contributed by atoms with van der Waals surface area (Å²) < 4.78 is 0. The molecule has 1 aliphatic rings. The summed E-state index contributed by atoms with van der Waals surface area (Å²) in [6.45, 7) is 11.4. The Labute approximate surface area is 100 Å². The van der Waals surface area contributed by atoms with Gasteiger partial charge in [-0.25, -0.2) is 0 Å². The molecule has 1 heterocycles. The molecule has 0 aromatic heterocycles. The minimum atomic E-state index is 0.675. The predicted molar refractivity (Wildman–Crippen MR) is 72.0 cm³/mol. The highest BCUT2D eigenvalue weighted by atomic mass is 15.2. The van der Waals surface area contributed by atoms with Crippen LogP contribution in [0.4, 0.5) is 0 Å². The normalized spacial score (nSPS) is 17.4. The topological polar surface area (TPSA) is 15.6 Å². The Hall–Kier alpha value is -0.790. The Kier molecular flexibility index (Phi) is 6.20. The molecule has 0 spiro atoms. The second-order valence-electron chi connectivity index (χ2n) is 4.58. The van der Waals surface area contributed by atoms with Crippen LogP contribution in [0.5, 0.6) is 0 Å². The molecule has 0 aromatic rings. The van der Waals surface area contributed by atoms with E-state index in [1.807, 2.05) is 6.08 Å². The number of hydrogen-bond donors (Lipinski definition) is 0. The quantitative estimate of drug-likeness (QED) is 0.453.